The van der Waals surface area contributed by atoms with E-state index >= 15 is 0 Å². The number of aromatic nitrogens is 1. The van der Waals surface area contributed by atoms with E-state index in [2.05, 4.69) is 6.92 Å². The van der Waals surface area contributed by atoms with E-state index in [-0.39, 0.29) is 0 Å². The van der Waals surface area contributed by atoms with Crippen LogP contribution in [0.2, 0.25) is 0 Å². The van der Waals surface area contributed by atoms with E-state index in [1.807, 2.05) is 0 Å². The second-order valence-corrected chi connectivity index (χ2v) is 1.52. The molecule has 0 aliphatic carbocycles. The van der Waals surface area contributed by atoms with Gasteiger partial charge in [0.05, 0.1) is 0 Å². The second-order valence-electron chi connectivity index (χ2n) is 1.52. The van der Waals surface area contributed by atoms with Crippen LogP contribution in [-0.4, -0.2) is 0 Å². The molecule has 1 aromatic heterocycles. The van der Waals surface area contributed by atoms with Crippen LogP contribution in [0.3, 0.4) is 0 Å². The molecule has 0 bridgehead atoms. The molecule has 1 rings (SSSR count). The van der Waals surface area contributed by atoms with E-state index in [0.29, 0.717) is 5.69 Å². The molecule has 1 heterocycles. The van der Waals surface area contributed by atoms with Crippen LogP contribution in [-0.2, 0) is 0 Å². The Hall–Kier alpha value is -1.05. The largest absolute Gasteiger partial charge is 0.619 e. The molecule has 0 saturated carbocycles. The molecule has 0 spiro atoms. The fourth-order valence-corrected chi connectivity index (χ4v) is 0.464. The molecule has 1 radical (unpaired) electrons. The van der Waals surface area contributed by atoms with Crippen molar-refractivity contribution in [1.29, 1.82) is 0 Å². The molecule has 0 fully saturated rings. The highest BCUT2D eigenvalue weighted by atomic mass is 16.5. The Morgan fingerprint density at radius 1 is 1.50 bits per heavy atom. The lowest BCUT2D eigenvalue weighted by atomic mass is 10.4. The topological polar surface area (TPSA) is 26.9 Å². The first-order valence-electron chi connectivity index (χ1n) is 2.31. The molecule has 2 nitrogen and oxygen atoms in total. The van der Waals surface area contributed by atoms with E-state index in [9.17, 15) is 5.21 Å². The lowest BCUT2D eigenvalue weighted by Gasteiger charge is -1.95. The van der Waals surface area contributed by atoms with E-state index in [4.69, 9.17) is 0 Å². The summed E-state index contributed by atoms with van der Waals surface area (Å²) in [4.78, 5) is 0. The van der Waals surface area contributed by atoms with Gasteiger partial charge >= 0.3 is 0 Å². The van der Waals surface area contributed by atoms with Gasteiger partial charge in [-0.2, -0.15) is 4.73 Å². The minimum atomic E-state index is 0.479. The van der Waals surface area contributed by atoms with Crippen LogP contribution >= 0.6 is 0 Å². The summed E-state index contributed by atoms with van der Waals surface area (Å²) in [6, 6.07) is 5.10. The predicted octanol–water partition coefficient (Wildman–Crippen LogP) is 0.502. The van der Waals surface area contributed by atoms with E-state index in [0.717, 1.165) is 4.73 Å². The van der Waals surface area contributed by atoms with Crippen molar-refractivity contribution in [2.45, 2.75) is 0 Å². The number of hydrogen-bond acceptors (Lipinski definition) is 1. The van der Waals surface area contributed by atoms with Crippen LogP contribution in [0.4, 0.5) is 0 Å². The molecule has 0 unspecified atom stereocenters. The van der Waals surface area contributed by atoms with E-state index < -0.39 is 0 Å². The van der Waals surface area contributed by atoms with Crippen molar-refractivity contribution >= 4 is 0 Å². The van der Waals surface area contributed by atoms with Gasteiger partial charge in [0.15, 0.2) is 11.9 Å². The minimum Gasteiger partial charge on any atom is -0.619 e. The van der Waals surface area contributed by atoms with Crippen molar-refractivity contribution < 1.29 is 4.73 Å². The summed E-state index contributed by atoms with van der Waals surface area (Å²) in [5.41, 5.74) is 0.479. The van der Waals surface area contributed by atoms with Crippen LogP contribution in [0, 0.1) is 12.1 Å². The number of pyridine rings is 1. The summed E-state index contributed by atoms with van der Waals surface area (Å²) in [6.07, 6.45) is 1.42. The summed E-state index contributed by atoms with van der Waals surface area (Å²) in [6.45, 7) is 3.47. The Balaban J connectivity index is 3.13. The maximum atomic E-state index is 10.5. The Bertz CT molecular complexity index is 165. The highest BCUT2D eigenvalue weighted by molar-refractivity contribution is 4.99. The number of rotatable bonds is 0. The summed E-state index contributed by atoms with van der Waals surface area (Å²) in [5, 5.41) is 10.5. The summed E-state index contributed by atoms with van der Waals surface area (Å²) >= 11 is 0. The molecule has 8 heavy (non-hydrogen) atoms. The van der Waals surface area contributed by atoms with Gasteiger partial charge in [0.1, 0.15) is 0 Å². The van der Waals surface area contributed by atoms with Gasteiger partial charge < -0.3 is 5.21 Å². The molecule has 0 aliphatic rings. The van der Waals surface area contributed by atoms with Crippen molar-refractivity contribution in [3.63, 3.8) is 0 Å². The first kappa shape index (κ1) is 5.09. The standard InChI is InChI=1S/C6H6NO/c1-6-4-2-3-5-7(6)8/h2-5H,1H2. The van der Waals surface area contributed by atoms with E-state index in [1.165, 1.54) is 6.20 Å². The Morgan fingerprint density at radius 3 is 2.62 bits per heavy atom. The molecule has 41 valence electrons. The first-order valence-corrected chi connectivity index (χ1v) is 2.31. The molecule has 2 heteroatoms. The Morgan fingerprint density at radius 2 is 2.25 bits per heavy atom. The Kier molecular flexibility index (Phi) is 1.16. The van der Waals surface area contributed by atoms with Gasteiger partial charge in [-0.15, -0.1) is 0 Å². The summed E-state index contributed by atoms with van der Waals surface area (Å²) in [5.74, 6) is 0. The third-order valence-electron chi connectivity index (χ3n) is 0.904. The average Bonchev–Trinajstić information content (AvgIpc) is 1.77. The molecule has 0 saturated heterocycles. The second kappa shape index (κ2) is 1.82. The molecule has 0 aliphatic heterocycles. The van der Waals surface area contributed by atoms with Crippen molar-refractivity contribution in [1.82, 2.24) is 0 Å². The monoisotopic (exact) mass is 108 g/mol. The third-order valence-corrected chi connectivity index (χ3v) is 0.904. The van der Waals surface area contributed by atoms with Gasteiger partial charge in [-0.1, -0.05) is 6.07 Å². The van der Waals surface area contributed by atoms with Crippen LogP contribution in [0.1, 0.15) is 5.69 Å². The zero-order chi connectivity index (χ0) is 5.98. The maximum Gasteiger partial charge on any atom is 0.193 e. The van der Waals surface area contributed by atoms with Gasteiger partial charge in [-0.25, -0.2) is 0 Å². The fourth-order valence-electron chi connectivity index (χ4n) is 0.464. The molecular formula is C6H6NO. The lowest BCUT2D eigenvalue weighted by molar-refractivity contribution is -0.609. The van der Waals surface area contributed by atoms with Crippen molar-refractivity contribution in [3.8, 4) is 0 Å². The highest BCUT2D eigenvalue weighted by Crippen LogP contribution is 1.83. The predicted molar refractivity (Wildman–Crippen MR) is 29.9 cm³/mol. The van der Waals surface area contributed by atoms with Crippen molar-refractivity contribution in [2.24, 2.45) is 0 Å². The average molecular weight is 108 g/mol. The molecule has 0 atom stereocenters. The van der Waals surface area contributed by atoms with Crippen LogP contribution in [0.5, 0.6) is 0 Å². The molecule has 0 N–H and O–H groups in total. The maximum absolute atomic E-state index is 10.5. The lowest BCUT2D eigenvalue weighted by Crippen LogP contribution is -2.28. The van der Waals surface area contributed by atoms with Gasteiger partial charge in [0, 0.05) is 19.1 Å². The van der Waals surface area contributed by atoms with Crippen molar-refractivity contribution in [3.05, 3.63) is 42.2 Å². The third kappa shape index (κ3) is 0.780. The normalized spacial score (nSPS) is 9.12. The van der Waals surface area contributed by atoms with Crippen LogP contribution in [0.15, 0.2) is 24.4 Å². The van der Waals surface area contributed by atoms with Gasteiger partial charge in [-0.3, -0.25) is 0 Å². The highest BCUT2D eigenvalue weighted by Gasteiger charge is 1.89. The fraction of sp³-hybridized carbons (Fsp3) is 0. The quantitative estimate of drug-likeness (QED) is 0.351. The van der Waals surface area contributed by atoms with Crippen molar-refractivity contribution in [2.75, 3.05) is 0 Å². The zero-order valence-corrected chi connectivity index (χ0v) is 4.37. The van der Waals surface area contributed by atoms with E-state index in [1.54, 1.807) is 18.2 Å². The molecule has 0 amide bonds. The summed E-state index contributed by atoms with van der Waals surface area (Å²) < 4.78 is 0.722. The number of nitrogens with zero attached hydrogens (tertiary/aromatic N) is 1. The van der Waals surface area contributed by atoms with Gasteiger partial charge in [0.25, 0.3) is 0 Å². The number of hydrogen-bond donors (Lipinski definition) is 0. The SMILES string of the molecule is [CH2]c1cccc[n+]1[O-]. The minimum absolute atomic E-state index is 0.479. The van der Waals surface area contributed by atoms with Crippen LogP contribution in [0.25, 0.3) is 0 Å². The molecular weight excluding hydrogens is 102 g/mol. The Labute approximate surface area is 48.0 Å². The van der Waals surface area contributed by atoms with Gasteiger partial charge in [0.2, 0.25) is 0 Å². The van der Waals surface area contributed by atoms with Crippen LogP contribution < -0.4 is 4.73 Å². The zero-order valence-electron chi connectivity index (χ0n) is 4.37. The molecule has 0 aromatic carbocycles. The van der Waals surface area contributed by atoms with Gasteiger partial charge in [-0.05, 0) is 0 Å². The first-order chi connectivity index (χ1) is 3.80. The molecule has 1 aromatic rings. The summed E-state index contributed by atoms with van der Waals surface area (Å²) in [7, 11) is 0. The smallest absolute Gasteiger partial charge is 0.193 e.